The first-order valence-electron chi connectivity index (χ1n) is 25.6. The van der Waals surface area contributed by atoms with Crippen LogP contribution in [-0.2, 0) is 31.0 Å². The van der Waals surface area contributed by atoms with E-state index in [0.29, 0.717) is 48.1 Å². The van der Waals surface area contributed by atoms with E-state index in [1.807, 2.05) is 18.1 Å². The SMILES string of the molecule is CCOC(=O)c1cnc(Nc2cnn(C)c2)nc1NC1CCC(N2CCN(C(=O)C3CCC(C(=O)N4CCC(CN5CCN(c6ccc(OC7CCC(=O)NC7=O)cc6F)CC5)CC4)CC3)CC2)CC1. The summed E-state index contributed by atoms with van der Waals surface area (Å²) >= 11 is 0. The third-order valence-corrected chi connectivity index (χ3v) is 15.4. The standard InChI is InChI=1S/C50H69FN12O7/c1-3-69-49(68)40-30-52-50(55-37-29-53-58(2)32-37)57-45(40)54-36-8-10-38(11-9-36)60-24-26-63(27-25-60)48(67)35-6-4-34(5-7-35)47(66)62-18-16-33(17-19-62)31-59-20-22-61(23-21-59)42-13-12-39(28-41(42)51)70-43-14-15-44(64)56-46(43)65/h12-13,28-30,32-36,38,43H,3-11,14-27,31H2,1-2H3,(H,56,64,65)(H2,52,54,55,57). The van der Waals surface area contributed by atoms with Crippen LogP contribution in [-0.4, -0.2) is 166 Å². The van der Waals surface area contributed by atoms with Gasteiger partial charge < -0.3 is 34.8 Å². The zero-order valence-electron chi connectivity index (χ0n) is 40.7. The monoisotopic (exact) mass is 969 g/mol. The third kappa shape index (κ3) is 12.0. The molecule has 4 amide bonds. The van der Waals surface area contributed by atoms with Gasteiger partial charge in [0, 0.05) is 134 Å². The van der Waals surface area contributed by atoms with Gasteiger partial charge in [-0.1, -0.05) is 0 Å². The van der Waals surface area contributed by atoms with Crippen molar-refractivity contribution in [3.63, 3.8) is 0 Å². The molecule has 6 heterocycles. The van der Waals surface area contributed by atoms with E-state index in [1.165, 1.54) is 12.3 Å². The molecule has 2 saturated carbocycles. The number of imide groups is 1. The van der Waals surface area contributed by atoms with Gasteiger partial charge in [-0.25, -0.2) is 14.2 Å². The van der Waals surface area contributed by atoms with E-state index in [9.17, 15) is 24.0 Å². The number of hydrogen-bond acceptors (Lipinski definition) is 15. The van der Waals surface area contributed by atoms with Gasteiger partial charge in [-0.15, -0.1) is 0 Å². The first-order valence-corrected chi connectivity index (χ1v) is 25.6. The number of rotatable bonds is 14. The number of piperazine rings is 2. The number of anilines is 4. The number of piperidine rings is 2. The van der Waals surface area contributed by atoms with Crippen LogP contribution < -0.4 is 25.6 Å². The molecule has 1 unspecified atom stereocenters. The van der Waals surface area contributed by atoms with Gasteiger partial charge in [0.15, 0.2) is 6.10 Å². The summed E-state index contributed by atoms with van der Waals surface area (Å²) in [6.45, 7) is 10.8. The molecule has 9 rings (SSSR count). The molecule has 1 aromatic carbocycles. The first-order chi connectivity index (χ1) is 34.0. The molecule has 2 aromatic heterocycles. The van der Waals surface area contributed by atoms with E-state index in [0.717, 1.165) is 129 Å². The Morgan fingerprint density at radius 2 is 1.50 bits per heavy atom. The van der Waals surface area contributed by atoms with Gasteiger partial charge in [0.1, 0.15) is 22.9 Å². The lowest BCUT2D eigenvalue weighted by molar-refractivity contribution is -0.143. The molecule has 0 radical (unpaired) electrons. The van der Waals surface area contributed by atoms with E-state index in [4.69, 9.17) is 9.47 Å². The van der Waals surface area contributed by atoms with Gasteiger partial charge in [0.05, 0.1) is 24.2 Å². The number of nitrogens with zero attached hydrogens (tertiary/aromatic N) is 9. The summed E-state index contributed by atoms with van der Waals surface area (Å²) in [5.74, 6) is 0.410. The molecule has 4 aliphatic heterocycles. The minimum absolute atomic E-state index is 0.00903. The summed E-state index contributed by atoms with van der Waals surface area (Å²) < 4.78 is 27.9. The lowest BCUT2D eigenvalue weighted by Crippen LogP contribution is -2.54. The second-order valence-corrected chi connectivity index (χ2v) is 20.0. The summed E-state index contributed by atoms with van der Waals surface area (Å²) in [4.78, 5) is 84.0. The zero-order valence-corrected chi connectivity index (χ0v) is 40.7. The number of halogens is 1. The number of nitrogens with one attached hydrogen (secondary N) is 3. The van der Waals surface area contributed by atoms with E-state index in [1.54, 1.807) is 29.9 Å². The smallest absolute Gasteiger partial charge is 0.343 e. The molecule has 3 N–H and O–H groups in total. The minimum Gasteiger partial charge on any atom is -0.480 e. The number of ether oxygens (including phenoxy) is 2. The molecule has 0 bridgehead atoms. The van der Waals surface area contributed by atoms with Crippen LogP contribution in [0.15, 0.2) is 36.8 Å². The van der Waals surface area contributed by atoms with Crippen molar-refractivity contribution in [1.29, 1.82) is 0 Å². The molecule has 378 valence electrons. The fraction of sp³-hybridized carbons (Fsp3) is 0.640. The largest absolute Gasteiger partial charge is 0.480 e. The molecule has 6 fully saturated rings. The Bertz CT molecular complexity index is 2330. The molecule has 3 aromatic rings. The highest BCUT2D eigenvalue weighted by Crippen LogP contribution is 2.34. The van der Waals surface area contributed by atoms with E-state index in [-0.39, 0.29) is 60.8 Å². The lowest BCUT2D eigenvalue weighted by Gasteiger charge is -2.43. The Kier molecular flexibility index (Phi) is 15.8. The molecule has 19 nitrogen and oxygen atoms in total. The number of esters is 1. The van der Waals surface area contributed by atoms with Crippen LogP contribution in [0, 0.1) is 23.6 Å². The van der Waals surface area contributed by atoms with Crippen LogP contribution in [0.1, 0.15) is 94.3 Å². The topological polar surface area (TPSA) is 200 Å². The Morgan fingerprint density at radius 1 is 0.814 bits per heavy atom. The highest BCUT2D eigenvalue weighted by atomic mass is 19.1. The highest BCUT2D eigenvalue weighted by molar-refractivity contribution is 6.00. The molecular weight excluding hydrogens is 900 g/mol. The Morgan fingerprint density at radius 3 is 2.13 bits per heavy atom. The number of carbonyl (C=O) groups is 5. The number of benzene rings is 1. The van der Waals surface area contributed by atoms with Gasteiger partial charge in [0.2, 0.25) is 23.7 Å². The Hall–Kier alpha value is -5.89. The second-order valence-electron chi connectivity index (χ2n) is 20.0. The predicted octanol–water partition coefficient (Wildman–Crippen LogP) is 4.19. The maximum Gasteiger partial charge on any atom is 0.343 e. The fourth-order valence-electron chi connectivity index (χ4n) is 11.4. The number of hydrogen-bond donors (Lipinski definition) is 3. The molecule has 2 aliphatic carbocycles. The van der Waals surface area contributed by atoms with Crippen molar-refractivity contribution in [2.75, 3.05) is 94.1 Å². The third-order valence-electron chi connectivity index (χ3n) is 15.4. The molecule has 6 aliphatic rings. The number of aromatic nitrogens is 4. The van der Waals surface area contributed by atoms with Crippen LogP contribution in [0.5, 0.6) is 5.75 Å². The van der Waals surface area contributed by atoms with E-state index in [2.05, 4.69) is 50.6 Å². The van der Waals surface area contributed by atoms with Gasteiger partial charge in [-0.3, -0.25) is 39.0 Å². The number of amides is 4. The van der Waals surface area contributed by atoms with Gasteiger partial charge >= 0.3 is 5.97 Å². The van der Waals surface area contributed by atoms with Crippen molar-refractivity contribution in [3.05, 3.63) is 48.2 Å². The normalized spacial score (nSPS) is 25.3. The summed E-state index contributed by atoms with van der Waals surface area (Å²) in [7, 11) is 1.83. The van der Waals surface area contributed by atoms with Crippen molar-refractivity contribution in [2.24, 2.45) is 24.8 Å². The van der Waals surface area contributed by atoms with E-state index >= 15 is 4.39 Å². The first kappa shape index (κ1) is 49.1. The maximum atomic E-state index is 15.2. The van der Waals surface area contributed by atoms with Crippen LogP contribution in [0.4, 0.5) is 27.5 Å². The van der Waals surface area contributed by atoms with Gasteiger partial charge in [0.25, 0.3) is 5.91 Å². The van der Waals surface area contributed by atoms with Crippen LogP contribution in [0.25, 0.3) is 0 Å². The number of likely N-dealkylation sites (tertiary alicyclic amines) is 1. The van der Waals surface area contributed by atoms with Crippen molar-refractivity contribution >= 4 is 52.7 Å². The minimum atomic E-state index is -0.809. The van der Waals surface area contributed by atoms with Crippen molar-refractivity contribution in [2.45, 2.75) is 102 Å². The van der Waals surface area contributed by atoms with Gasteiger partial charge in [-0.2, -0.15) is 10.1 Å². The predicted molar refractivity (Wildman–Crippen MR) is 259 cm³/mol. The number of carbonyl (C=O) groups excluding carboxylic acids is 5. The van der Waals surface area contributed by atoms with E-state index < -0.39 is 23.8 Å². The Balaban J connectivity index is 0.651. The molecular formula is C50H69FN12O7. The average molecular weight is 969 g/mol. The lowest BCUT2D eigenvalue weighted by atomic mass is 9.80. The summed E-state index contributed by atoms with van der Waals surface area (Å²) in [5.41, 5.74) is 1.57. The average Bonchev–Trinajstić information content (AvgIpc) is 3.79. The van der Waals surface area contributed by atoms with Crippen molar-refractivity contribution in [3.8, 4) is 5.75 Å². The molecule has 4 saturated heterocycles. The zero-order chi connectivity index (χ0) is 48.7. The molecule has 0 spiro atoms. The van der Waals surface area contributed by atoms with Crippen LogP contribution in [0.3, 0.4) is 0 Å². The summed E-state index contributed by atoms with van der Waals surface area (Å²) in [5, 5.41) is 13.1. The Labute approximate surface area is 409 Å². The van der Waals surface area contributed by atoms with Crippen LogP contribution >= 0.6 is 0 Å². The van der Waals surface area contributed by atoms with Gasteiger partial charge in [-0.05, 0) is 89.2 Å². The quantitative estimate of drug-likeness (QED) is 0.153. The van der Waals surface area contributed by atoms with Crippen molar-refractivity contribution < 1.29 is 37.8 Å². The highest BCUT2D eigenvalue weighted by Gasteiger charge is 2.38. The van der Waals surface area contributed by atoms with Crippen LogP contribution in [0.2, 0.25) is 0 Å². The summed E-state index contributed by atoms with van der Waals surface area (Å²) in [6.07, 6.45) is 13.6. The summed E-state index contributed by atoms with van der Waals surface area (Å²) in [6, 6.07) is 5.29. The molecule has 1 atom stereocenters. The molecule has 70 heavy (non-hydrogen) atoms. The molecule has 20 heteroatoms. The van der Waals surface area contributed by atoms with Crippen molar-refractivity contribution in [1.82, 2.24) is 44.7 Å². The number of aryl methyl sites for hydroxylation is 1. The second kappa shape index (κ2) is 22.5. The fourth-order valence-corrected chi connectivity index (χ4v) is 11.4. The maximum absolute atomic E-state index is 15.2.